The maximum Gasteiger partial charge on any atom is 0.341 e. The average Bonchev–Trinajstić information content (AvgIpc) is 2.30. The molecule has 0 atom stereocenters. The smallest absolute Gasteiger partial charge is 0.341 e. The first-order chi connectivity index (χ1) is 8.09. The molecule has 0 aliphatic rings. The van der Waals surface area contributed by atoms with E-state index in [1.54, 1.807) is 6.07 Å². The standard InChI is InChI=1S/C12H8FNO3/c13-10-4-2-1-3-8(10)7-5-9(12(16)17)11(15)14-6-7/h1-6H,(H,14,15)(H,16,17). The van der Waals surface area contributed by atoms with Crippen molar-refractivity contribution in [1.29, 1.82) is 0 Å². The Kier molecular flexibility index (Phi) is 2.74. The van der Waals surface area contributed by atoms with Crippen molar-refractivity contribution in [2.75, 3.05) is 0 Å². The monoisotopic (exact) mass is 233 g/mol. The Morgan fingerprint density at radius 3 is 2.65 bits per heavy atom. The Morgan fingerprint density at radius 2 is 2.00 bits per heavy atom. The molecule has 0 bridgehead atoms. The van der Waals surface area contributed by atoms with E-state index in [0.29, 0.717) is 5.56 Å². The third kappa shape index (κ3) is 2.08. The molecule has 17 heavy (non-hydrogen) atoms. The minimum atomic E-state index is -1.34. The number of aromatic carboxylic acids is 1. The van der Waals surface area contributed by atoms with E-state index in [-0.39, 0.29) is 5.56 Å². The molecule has 4 nitrogen and oxygen atoms in total. The molecule has 1 aromatic carbocycles. The van der Waals surface area contributed by atoms with Gasteiger partial charge >= 0.3 is 5.97 Å². The molecule has 1 aromatic heterocycles. The van der Waals surface area contributed by atoms with Crippen LogP contribution >= 0.6 is 0 Å². The van der Waals surface area contributed by atoms with E-state index in [0.717, 1.165) is 6.07 Å². The molecule has 2 rings (SSSR count). The van der Waals surface area contributed by atoms with E-state index in [2.05, 4.69) is 4.98 Å². The van der Waals surface area contributed by atoms with Crippen molar-refractivity contribution in [3.05, 3.63) is 58.3 Å². The molecule has 0 aliphatic heterocycles. The summed E-state index contributed by atoms with van der Waals surface area (Å²) < 4.78 is 13.5. The quantitative estimate of drug-likeness (QED) is 0.831. The maximum absolute atomic E-state index is 13.5. The van der Waals surface area contributed by atoms with Gasteiger partial charge in [-0.2, -0.15) is 0 Å². The van der Waals surface area contributed by atoms with E-state index in [1.165, 1.54) is 24.4 Å². The van der Waals surface area contributed by atoms with Crippen molar-refractivity contribution in [2.24, 2.45) is 0 Å². The summed E-state index contributed by atoms with van der Waals surface area (Å²) in [4.78, 5) is 24.2. The van der Waals surface area contributed by atoms with Crippen LogP contribution in [0.3, 0.4) is 0 Å². The van der Waals surface area contributed by atoms with Gasteiger partial charge in [-0.1, -0.05) is 18.2 Å². The van der Waals surface area contributed by atoms with Gasteiger partial charge in [0.15, 0.2) is 0 Å². The lowest BCUT2D eigenvalue weighted by Gasteiger charge is -2.03. The van der Waals surface area contributed by atoms with Crippen LogP contribution in [0.15, 0.2) is 41.3 Å². The van der Waals surface area contributed by atoms with Gasteiger partial charge in [-0.05, 0) is 12.1 Å². The summed E-state index contributed by atoms with van der Waals surface area (Å²) in [5, 5.41) is 8.79. The van der Waals surface area contributed by atoms with Gasteiger partial charge in [-0.3, -0.25) is 4.79 Å². The summed E-state index contributed by atoms with van der Waals surface area (Å²) in [5.41, 5.74) is -0.560. The number of carboxylic acids is 1. The lowest BCUT2D eigenvalue weighted by molar-refractivity contribution is 0.0695. The van der Waals surface area contributed by atoms with Crippen LogP contribution < -0.4 is 5.56 Å². The molecule has 0 aliphatic carbocycles. The average molecular weight is 233 g/mol. The van der Waals surface area contributed by atoms with Gasteiger partial charge < -0.3 is 10.1 Å². The number of aromatic nitrogens is 1. The summed E-state index contributed by atoms with van der Waals surface area (Å²) in [5.74, 6) is -1.82. The highest BCUT2D eigenvalue weighted by atomic mass is 19.1. The fourth-order valence-electron chi connectivity index (χ4n) is 1.49. The Labute approximate surface area is 95.4 Å². The fourth-order valence-corrected chi connectivity index (χ4v) is 1.49. The van der Waals surface area contributed by atoms with Crippen molar-refractivity contribution in [2.45, 2.75) is 0 Å². The molecule has 0 unspecified atom stereocenters. The number of carbonyl (C=O) groups is 1. The van der Waals surface area contributed by atoms with E-state index in [1.807, 2.05) is 0 Å². The number of carboxylic acid groups (broad SMARTS) is 1. The number of halogens is 1. The normalized spacial score (nSPS) is 10.2. The molecule has 2 aromatic rings. The topological polar surface area (TPSA) is 70.2 Å². The minimum Gasteiger partial charge on any atom is -0.477 e. The van der Waals surface area contributed by atoms with Crippen molar-refractivity contribution in [3.63, 3.8) is 0 Å². The lowest BCUT2D eigenvalue weighted by Crippen LogP contribution is -2.16. The Hall–Kier alpha value is -2.43. The summed E-state index contributed by atoms with van der Waals surface area (Å²) in [6.07, 6.45) is 1.28. The van der Waals surface area contributed by atoms with Gasteiger partial charge in [0.1, 0.15) is 11.4 Å². The van der Waals surface area contributed by atoms with Crippen molar-refractivity contribution in [1.82, 2.24) is 4.98 Å². The number of benzene rings is 1. The zero-order valence-corrected chi connectivity index (χ0v) is 8.61. The molecule has 5 heteroatoms. The SMILES string of the molecule is O=C(O)c1cc(-c2ccccc2F)c[nH]c1=O. The van der Waals surface area contributed by atoms with Gasteiger partial charge in [0, 0.05) is 17.3 Å². The molecule has 86 valence electrons. The lowest BCUT2D eigenvalue weighted by atomic mass is 10.1. The highest BCUT2D eigenvalue weighted by Gasteiger charge is 2.11. The third-order valence-electron chi connectivity index (χ3n) is 2.32. The number of rotatable bonds is 2. The van der Waals surface area contributed by atoms with Crippen molar-refractivity contribution >= 4 is 5.97 Å². The number of hydrogen-bond acceptors (Lipinski definition) is 2. The number of H-pyrrole nitrogens is 1. The van der Waals surface area contributed by atoms with Crippen molar-refractivity contribution < 1.29 is 14.3 Å². The molecule has 0 radical (unpaired) electrons. The third-order valence-corrected chi connectivity index (χ3v) is 2.32. The molecule has 0 saturated carbocycles. The molecule has 0 saturated heterocycles. The Morgan fingerprint density at radius 1 is 1.29 bits per heavy atom. The maximum atomic E-state index is 13.5. The first-order valence-electron chi connectivity index (χ1n) is 4.80. The summed E-state index contributed by atoms with van der Waals surface area (Å²) in [7, 11) is 0. The van der Waals surface area contributed by atoms with Gasteiger partial charge in [0.05, 0.1) is 0 Å². The molecule has 0 fully saturated rings. The molecule has 2 N–H and O–H groups in total. The molecular weight excluding hydrogens is 225 g/mol. The second-order valence-electron chi connectivity index (χ2n) is 3.42. The summed E-state index contributed by atoms with van der Waals surface area (Å²) >= 11 is 0. The number of pyridine rings is 1. The Balaban J connectivity index is 2.62. The Bertz CT molecular complexity index is 634. The zero-order chi connectivity index (χ0) is 12.4. The molecule has 1 heterocycles. The van der Waals surface area contributed by atoms with Crippen LogP contribution in [0.4, 0.5) is 4.39 Å². The van der Waals surface area contributed by atoms with Gasteiger partial charge in [0.25, 0.3) is 5.56 Å². The largest absolute Gasteiger partial charge is 0.477 e. The van der Waals surface area contributed by atoms with Crippen LogP contribution in [0.25, 0.3) is 11.1 Å². The van der Waals surface area contributed by atoms with Gasteiger partial charge in [0.2, 0.25) is 0 Å². The van der Waals surface area contributed by atoms with E-state index in [9.17, 15) is 14.0 Å². The fraction of sp³-hybridized carbons (Fsp3) is 0. The predicted molar refractivity (Wildman–Crippen MR) is 59.4 cm³/mol. The van der Waals surface area contributed by atoms with Crippen LogP contribution in [-0.2, 0) is 0 Å². The highest BCUT2D eigenvalue weighted by molar-refractivity contribution is 5.88. The molecule has 0 amide bonds. The second-order valence-corrected chi connectivity index (χ2v) is 3.42. The van der Waals surface area contributed by atoms with Crippen molar-refractivity contribution in [3.8, 4) is 11.1 Å². The van der Waals surface area contributed by atoms with E-state index in [4.69, 9.17) is 5.11 Å². The van der Waals surface area contributed by atoms with Crippen LogP contribution in [0, 0.1) is 5.82 Å². The zero-order valence-electron chi connectivity index (χ0n) is 8.61. The first-order valence-corrected chi connectivity index (χ1v) is 4.80. The van der Waals surface area contributed by atoms with Crippen LogP contribution in [0.2, 0.25) is 0 Å². The van der Waals surface area contributed by atoms with Crippen LogP contribution in [-0.4, -0.2) is 16.1 Å². The van der Waals surface area contributed by atoms with E-state index >= 15 is 0 Å². The first kappa shape index (κ1) is 11.1. The molecular formula is C12H8FNO3. The summed E-state index contributed by atoms with van der Waals surface area (Å²) in [6, 6.07) is 7.08. The highest BCUT2D eigenvalue weighted by Crippen LogP contribution is 2.21. The molecule has 0 spiro atoms. The van der Waals surface area contributed by atoms with Crippen LogP contribution in [0.1, 0.15) is 10.4 Å². The van der Waals surface area contributed by atoms with E-state index < -0.39 is 22.9 Å². The minimum absolute atomic E-state index is 0.242. The number of aromatic amines is 1. The number of hydrogen-bond donors (Lipinski definition) is 2. The van der Waals surface area contributed by atoms with Gasteiger partial charge in [-0.15, -0.1) is 0 Å². The van der Waals surface area contributed by atoms with Crippen LogP contribution in [0.5, 0.6) is 0 Å². The predicted octanol–water partition coefficient (Wildman–Crippen LogP) is 1.88. The summed E-state index contributed by atoms with van der Waals surface area (Å²) in [6.45, 7) is 0. The number of nitrogens with one attached hydrogen (secondary N) is 1. The van der Waals surface area contributed by atoms with Gasteiger partial charge in [-0.25, -0.2) is 9.18 Å². The second kappa shape index (κ2) is 4.21.